The molecule has 10 heteroatoms. The van der Waals surface area contributed by atoms with Crippen LogP contribution in [-0.2, 0) is 19.1 Å². The number of aromatic nitrogens is 1. The van der Waals surface area contributed by atoms with E-state index in [-0.39, 0.29) is 25.4 Å². The number of rotatable bonds is 8. The molecule has 3 aromatic rings. The van der Waals surface area contributed by atoms with Gasteiger partial charge in [0.2, 0.25) is 11.8 Å². The number of hydrogen-bond acceptors (Lipinski definition) is 8. The van der Waals surface area contributed by atoms with E-state index < -0.39 is 41.4 Å². The molecule has 4 rings (SSSR count). The maximum Gasteiger partial charge on any atom is 0.407 e. The second-order valence-corrected chi connectivity index (χ2v) is 9.90. The molecule has 0 saturated carbocycles. The van der Waals surface area contributed by atoms with Crippen LogP contribution in [0.2, 0.25) is 0 Å². The number of benzene rings is 2. The summed E-state index contributed by atoms with van der Waals surface area (Å²) in [5.74, 6) is -2.83. The SMILES string of the molecule is CC(C)(C)OC(=O)CCC(NC(=O)OCC1c2ccccc2-c2ccccc21)C(=O)On1c(O)ccc1O. The third-order valence-electron chi connectivity index (χ3n) is 5.96. The lowest BCUT2D eigenvalue weighted by Gasteiger charge is -2.21. The predicted octanol–water partition coefficient (Wildman–Crippen LogP) is 3.88. The summed E-state index contributed by atoms with van der Waals surface area (Å²) < 4.78 is 11.3. The molecule has 1 heterocycles. The van der Waals surface area contributed by atoms with E-state index >= 15 is 0 Å². The van der Waals surface area contributed by atoms with E-state index in [1.54, 1.807) is 20.8 Å². The third-order valence-corrected chi connectivity index (χ3v) is 5.96. The van der Waals surface area contributed by atoms with Crippen LogP contribution in [0.4, 0.5) is 4.79 Å². The van der Waals surface area contributed by atoms with Crippen LogP contribution < -0.4 is 10.2 Å². The number of esters is 1. The van der Waals surface area contributed by atoms with Crippen LogP contribution in [0.3, 0.4) is 0 Å². The van der Waals surface area contributed by atoms with Crippen molar-refractivity contribution in [2.45, 2.75) is 51.2 Å². The van der Waals surface area contributed by atoms with E-state index in [1.165, 1.54) is 0 Å². The molecule has 0 aliphatic heterocycles. The number of ether oxygens (including phenoxy) is 2. The topological polar surface area (TPSA) is 136 Å². The number of nitrogens with one attached hydrogen (secondary N) is 1. The third kappa shape index (κ3) is 6.08. The molecular weight excluding hydrogens is 492 g/mol. The van der Waals surface area contributed by atoms with Gasteiger partial charge in [0, 0.05) is 24.5 Å². The van der Waals surface area contributed by atoms with E-state index in [0.29, 0.717) is 4.73 Å². The number of carbonyl (C=O) groups is 3. The normalized spacial score (nSPS) is 13.2. The average molecular weight is 523 g/mol. The van der Waals surface area contributed by atoms with Gasteiger partial charge in [-0.1, -0.05) is 48.5 Å². The Morgan fingerprint density at radius 3 is 2.03 bits per heavy atom. The molecule has 0 bridgehead atoms. The summed E-state index contributed by atoms with van der Waals surface area (Å²) in [4.78, 5) is 42.9. The first kappa shape index (κ1) is 26.6. The molecule has 0 radical (unpaired) electrons. The number of carbonyl (C=O) groups excluding carboxylic acids is 3. The Labute approximate surface area is 219 Å². The fraction of sp³-hybridized carbons (Fsp3) is 0.321. The highest BCUT2D eigenvalue weighted by atomic mass is 16.7. The highest BCUT2D eigenvalue weighted by Crippen LogP contribution is 2.44. The summed E-state index contributed by atoms with van der Waals surface area (Å²) in [6, 6.07) is 16.7. The molecule has 1 aliphatic rings. The smallest absolute Gasteiger partial charge is 0.407 e. The van der Waals surface area contributed by atoms with Crippen molar-refractivity contribution >= 4 is 18.0 Å². The van der Waals surface area contributed by atoms with Gasteiger partial charge in [0.15, 0.2) is 0 Å². The van der Waals surface area contributed by atoms with E-state index in [9.17, 15) is 24.6 Å². The zero-order chi connectivity index (χ0) is 27.4. The molecule has 1 aromatic heterocycles. The zero-order valence-corrected chi connectivity index (χ0v) is 21.3. The maximum atomic E-state index is 12.8. The lowest BCUT2D eigenvalue weighted by Crippen LogP contribution is -2.45. The summed E-state index contributed by atoms with van der Waals surface area (Å²) in [5, 5.41) is 22.0. The molecule has 1 unspecified atom stereocenters. The highest BCUT2D eigenvalue weighted by Gasteiger charge is 2.31. The minimum atomic E-state index is -1.33. The zero-order valence-electron chi connectivity index (χ0n) is 21.3. The van der Waals surface area contributed by atoms with Gasteiger partial charge < -0.3 is 29.8 Å². The van der Waals surface area contributed by atoms with Crippen molar-refractivity contribution in [3.63, 3.8) is 0 Å². The molecule has 0 spiro atoms. The van der Waals surface area contributed by atoms with Gasteiger partial charge in [-0.15, -0.1) is 4.73 Å². The molecule has 1 amide bonds. The van der Waals surface area contributed by atoms with Crippen LogP contribution in [0.1, 0.15) is 50.7 Å². The first-order valence-electron chi connectivity index (χ1n) is 12.2. The Morgan fingerprint density at radius 2 is 1.47 bits per heavy atom. The van der Waals surface area contributed by atoms with Crippen molar-refractivity contribution in [3.05, 3.63) is 71.8 Å². The number of aromatic hydroxyl groups is 2. The summed E-state index contributed by atoms with van der Waals surface area (Å²) in [6.45, 7) is 5.16. The molecule has 200 valence electrons. The van der Waals surface area contributed by atoms with Gasteiger partial charge in [0.1, 0.15) is 18.2 Å². The van der Waals surface area contributed by atoms with Crippen LogP contribution in [0.15, 0.2) is 60.7 Å². The Kier molecular flexibility index (Phi) is 7.61. The van der Waals surface area contributed by atoms with Gasteiger partial charge >= 0.3 is 18.0 Å². The molecule has 38 heavy (non-hydrogen) atoms. The monoisotopic (exact) mass is 522 g/mol. The van der Waals surface area contributed by atoms with Crippen molar-refractivity contribution in [3.8, 4) is 22.9 Å². The van der Waals surface area contributed by atoms with Gasteiger partial charge in [0.05, 0.1) is 0 Å². The van der Waals surface area contributed by atoms with Gasteiger partial charge in [-0.05, 0) is 49.4 Å². The quantitative estimate of drug-likeness (QED) is 0.379. The van der Waals surface area contributed by atoms with Crippen LogP contribution in [0.5, 0.6) is 11.8 Å². The van der Waals surface area contributed by atoms with Gasteiger partial charge in [-0.25, -0.2) is 9.59 Å². The van der Waals surface area contributed by atoms with E-state index in [1.807, 2.05) is 48.5 Å². The number of amides is 1. The van der Waals surface area contributed by atoms with Crippen molar-refractivity contribution in [2.24, 2.45) is 0 Å². The minimum absolute atomic E-state index is 0.0207. The largest absolute Gasteiger partial charge is 0.492 e. The lowest BCUT2D eigenvalue weighted by molar-refractivity contribution is -0.155. The molecule has 1 aliphatic carbocycles. The van der Waals surface area contributed by atoms with E-state index in [4.69, 9.17) is 14.3 Å². The van der Waals surface area contributed by atoms with Crippen LogP contribution >= 0.6 is 0 Å². The number of hydrogen-bond donors (Lipinski definition) is 3. The molecule has 2 aromatic carbocycles. The predicted molar refractivity (Wildman–Crippen MR) is 136 cm³/mol. The molecule has 0 saturated heterocycles. The molecular formula is C28H30N2O8. The van der Waals surface area contributed by atoms with Crippen LogP contribution in [0, 0.1) is 0 Å². The van der Waals surface area contributed by atoms with Crippen molar-refractivity contribution in [1.29, 1.82) is 0 Å². The highest BCUT2D eigenvalue weighted by molar-refractivity contribution is 5.83. The van der Waals surface area contributed by atoms with Gasteiger partial charge in [0.25, 0.3) is 0 Å². The first-order valence-corrected chi connectivity index (χ1v) is 12.2. The molecule has 3 N–H and O–H groups in total. The second kappa shape index (κ2) is 10.9. The number of alkyl carbamates (subject to hydrolysis) is 1. The molecule has 0 fully saturated rings. The molecule has 10 nitrogen and oxygen atoms in total. The fourth-order valence-electron chi connectivity index (χ4n) is 4.33. The van der Waals surface area contributed by atoms with E-state index in [2.05, 4.69) is 5.32 Å². The standard InChI is InChI=1S/C28H30N2O8/c1-28(2,3)37-25(33)15-12-22(26(34)38-30-23(31)13-14-24(30)32)29-27(35)36-16-21-19-10-6-4-8-17(19)18-9-5-7-11-20(18)21/h4-11,13-14,21-22,31-32H,12,15-16H2,1-3H3,(H,29,35). The van der Waals surface area contributed by atoms with Crippen LogP contribution in [-0.4, -0.2) is 51.2 Å². The van der Waals surface area contributed by atoms with Crippen molar-refractivity contribution in [2.75, 3.05) is 6.61 Å². The van der Waals surface area contributed by atoms with Gasteiger partial charge in [-0.2, -0.15) is 0 Å². The Hall–Kier alpha value is -4.47. The summed E-state index contributed by atoms with van der Waals surface area (Å²) in [7, 11) is 0. The number of fused-ring (bicyclic) bond motifs is 3. The maximum absolute atomic E-state index is 12.8. The van der Waals surface area contributed by atoms with Crippen LogP contribution in [0.25, 0.3) is 11.1 Å². The van der Waals surface area contributed by atoms with E-state index in [0.717, 1.165) is 34.4 Å². The van der Waals surface area contributed by atoms with Gasteiger partial charge in [-0.3, -0.25) is 4.79 Å². The minimum Gasteiger partial charge on any atom is -0.492 e. The fourth-order valence-corrected chi connectivity index (χ4v) is 4.33. The number of nitrogens with zero attached hydrogens (tertiary/aromatic N) is 1. The lowest BCUT2D eigenvalue weighted by atomic mass is 9.98. The van der Waals surface area contributed by atoms with Crippen molar-refractivity contribution in [1.82, 2.24) is 10.0 Å². The summed E-state index contributed by atoms with van der Waals surface area (Å²) in [6.07, 6.45) is -1.26. The Bertz CT molecular complexity index is 1280. The summed E-state index contributed by atoms with van der Waals surface area (Å²) in [5.41, 5.74) is 3.47. The Morgan fingerprint density at radius 1 is 0.921 bits per heavy atom. The Balaban J connectivity index is 1.44. The average Bonchev–Trinajstić information content (AvgIpc) is 3.36. The van der Waals surface area contributed by atoms with Crippen molar-refractivity contribution < 1.29 is 38.9 Å². The molecule has 1 atom stereocenters. The second-order valence-electron chi connectivity index (χ2n) is 9.90. The summed E-state index contributed by atoms with van der Waals surface area (Å²) >= 11 is 0. The first-order chi connectivity index (χ1) is 18.0.